The first-order valence-electron chi connectivity index (χ1n) is 14.7. The Hall–Kier alpha value is -2.92. The van der Waals surface area contributed by atoms with Crippen LogP contribution in [-0.4, -0.2) is 61.4 Å². The fraction of sp³-hybridized carbons (Fsp3) is 0.576. The highest BCUT2D eigenvalue weighted by atomic mass is 16.7. The van der Waals surface area contributed by atoms with E-state index in [1.165, 1.54) is 16.7 Å². The average Bonchev–Trinajstić information content (AvgIpc) is 3.52. The van der Waals surface area contributed by atoms with Gasteiger partial charge in [0, 0.05) is 12.1 Å². The van der Waals surface area contributed by atoms with Crippen LogP contribution in [0.2, 0.25) is 0 Å². The van der Waals surface area contributed by atoms with Crippen molar-refractivity contribution in [3.8, 4) is 34.8 Å². The first-order chi connectivity index (χ1) is 19.4. The molecule has 0 bridgehead atoms. The van der Waals surface area contributed by atoms with Gasteiger partial charge in [-0.05, 0) is 104 Å². The van der Waals surface area contributed by atoms with Gasteiger partial charge in [0.1, 0.15) is 18.4 Å². The number of hydrogen-bond acceptors (Lipinski definition) is 7. The number of aryl methyl sites for hydroxylation is 1. The van der Waals surface area contributed by atoms with E-state index in [0.29, 0.717) is 30.1 Å². The fourth-order valence-electron chi connectivity index (χ4n) is 8.51. The predicted octanol–water partition coefficient (Wildman–Crippen LogP) is 4.22. The minimum absolute atomic E-state index is 0.109. The van der Waals surface area contributed by atoms with Gasteiger partial charge in [-0.2, -0.15) is 0 Å². The van der Waals surface area contributed by atoms with Gasteiger partial charge in [-0.15, -0.1) is 0 Å². The lowest BCUT2D eigenvalue weighted by atomic mass is 9.55. The lowest BCUT2D eigenvalue weighted by Gasteiger charge is -2.49. The Morgan fingerprint density at radius 1 is 1.12 bits per heavy atom. The van der Waals surface area contributed by atoms with E-state index in [2.05, 4.69) is 55.0 Å². The molecule has 2 aromatic carbocycles. The van der Waals surface area contributed by atoms with Crippen molar-refractivity contribution in [2.75, 3.05) is 34.1 Å². The number of ether oxygens (including phenoxy) is 4. The maximum absolute atomic E-state index is 10.7. The molecule has 0 saturated heterocycles. The number of fused-ring (bicyclic) bond motifs is 7. The molecule has 2 aliphatic heterocycles. The number of rotatable bonds is 3. The van der Waals surface area contributed by atoms with E-state index in [-0.39, 0.29) is 18.2 Å². The zero-order valence-electron chi connectivity index (χ0n) is 23.6. The number of likely N-dealkylation sites (N-methyl/N-ethyl adjacent to an activating group) is 1. The van der Waals surface area contributed by atoms with Crippen molar-refractivity contribution >= 4 is 0 Å². The standard InChI is InChI=1S/C33H39NO6/c1-33-12-10-23-22-9-7-21(15-19(22)6-8-24(23)25(33)17-27(35)32(33)36)38-14-4-5-26-29-20(11-13-34(26)2)16-28-30(31(29)37-3)40-18-39-28/h7,9,15-16,23-27,32,35-36H,6,8,10-14,17-18H2,1-3H3/t23-,24-,25+,26-,27+,32+,33+/m1/s1. The van der Waals surface area contributed by atoms with Crippen LogP contribution in [0.4, 0.5) is 0 Å². The molecular weight excluding hydrogens is 506 g/mol. The molecule has 3 aliphatic carbocycles. The van der Waals surface area contributed by atoms with Crippen LogP contribution in [0.25, 0.3) is 0 Å². The molecule has 7 heteroatoms. The van der Waals surface area contributed by atoms with Crippen molar-refractivity contribution in [3.05, 3.63) is 46.5 Å². The highest BCUT2D eigenvalue weighted by Gasteiger charge is 2.57. The van der Waals surface area contributed by atoms with Crippen molar-refractivity contribution in [2.45, 2.75) is 69.6 Å². The van der Waals surface area contributed by atoms with Crippen LogP contribution in [0.5, 0.6) is 23.0 Å². The van der Waals surface area contributed by atoms with Gasteiger partial charge >= 0.3 is 0 Å². The highest BCUT2D eigenvalue weighted by Crippen LogP contribution is 2.61. The summed E-state index contributed by atoms with van der Waals surface area (Å²) in [7, 11) is 3.76. The van der Waals surface area contributed by atoms with E-state index in [9.17, 15) is 10.2 Å². The molecule has 5 aliphatic rings. The molecule has 7 atom stereocenters. The van der Waals surface area contributed by atoms with Crippen molar-refractivity contribution in [2.24, 2.45) is 17.3 Å². The maximum atomic E-state index is 10.7. The Balaban J connectivity index is 1.06. The normalized spacial score (nSPS) is 33.6. The first-order valence-corrected chi connectivity index (χ1v) is 14.7. The lowest BCUT2D eigenvalue weighted by molar-refractivity contribution is -0.0505. The van der Waals surface area contributed by atoms with Crippen LogP contribution >= 0.6 is 0 Å². The van der Waals surface area contributed by atoms with E-state index in [0.717, 1.165) is 67.9 Å². The van der Waals surface area contributed by atoms with Gasteiger partial charge < -0.3 is 29.2 Å². The van der Waals surface area contributed by atoms with Crippen LogP contribution in [0, 0.1) is 29.1 Å². The molecule has 2 heterocycles. The van der Waals surface area contributed by atoms with Crippen molar-refractivity contribution in [1.82, 2.24) is 4.90 Å². The number of aliphatic hydroxyl groups excluding tert-OH is 2. The molecule has 2 fully saturated rings. The number of methoxy groups -OCH3 is 1. The Kier molecular flexibility index (Phi) is 6.42. The van der Waals surface area contributed by atoms with Gasteiger partial charge in [-0.1, -0.05) is 24.8 Å². The summed E-state index contributed by atoms with van der Waals surface area (Å²) >= 11 is 0. The molecule has 40 heavy (non-hydrogen) atoms. The summed E-state index contributed by atoms with van der Waals surface area (Å²) in [4.78, 5) is 2.24. The minimum Gasteiger partial charge on any atom is -0.492 e. The molecule has 212 valence electrons. The molecular formula is C33H39NO6. The summed E-state index contributed by atoms with van der Waals surface area (Å²) in [6.45, 7) is 3.62. The zero-order valence-corrected chi connectivity index (χ0v) is 23.6. The molecule has 0 amide bonds. The maximum Gasteiger partial charge on any atom is 0.231 e. The molecule has 2 aromatic rings. The Bertz CT molecular complexity index is 1380. The summed E-state index contributed by atoms with van der Waals surface area (Å²) in [5.74, 6) is 11.1. The molecule has 0 aromatic heterocycles. The zero-order chi connectivity index (χ0) is 27.6. The summed E-state index contributed by atoms with van der Waals surface area (Å²) < 4.78 is 23.2. The number of hydrogen-bond donors (Lipinski definition) is 2. The third-order valence-corrected chi connectivity index (χ3v) is 10.6. The smallest absolute Gasteiger partial charge is 0.231 e. The molecule has 2 N–H and O–H groups in total. The van der Waals surface area contributed by atoms with Crippen LogP contribution in [0.15, 0.2) is 24.3 Å². The van der Waals surface area contributed by atoms with Gasteiger partial charge in [-0.25, -0.2) is 0 Å². The predicted molar refractivity (Wildman–Crippen MR) is 150 cm³/mol. The van der Waals surface area contributed by atoms with Gasteiger partial charge in [0.05, 0.1) is 19.3 Å². The fourth-order valence-corrected chi connectivity index (χ4v) is 8.51. The molecule has 7 rings (SSSR count). The van der Waals surface area contributed by atoms with Crippen molar-refractivity contribution < 1.29 is 29.2 Å². The Labute approximate surface area is 236 Å². The SMILES string of the molecule is COc1c2c(cc3c1[C@@H](C#CCOc1ccc4c(c1)CC[C@@H]1[C@@H]4CC[C@]4(C)[C@@H](O)[C@@H](O)C[C@@H]14)N(C)CC3)OCO2. The topological polar surface area (TPSA) is 80.6 Å². The van der Waals surface area contributed by atoms with Crippen LogP contribution < -0.4 is 18.9 Å². The van der Waals surface area contributed by atoms with E-state index in [1.807, 2.05) is 0 Å². The summed E-state index contributed by atoms with van der Waals surface area (Å²) in [5.41, 5.74) is 4.90. The minimum atomic E-state index is -0.595. The second-order valence-electron chi connectivity index (χ2n) is 12.5. The third-order valence-electron chi connectivity index (χ3n) is 10.6. The quantitative estimate of drug-likeness (QED) is 0.559. The van der Waals surface area contributed by atoms with Crippen molar-refractivity contribution in [1.29, 1.82) is 0 Å². The monoisotopic (exact) mass is 545 g/mol. The second kappa shape index (κ2) is 9.87. The van der Waals surface area contributed by atoms with E-state index < -0.39 is 12.2 Å². The summed E-state index contributed by atoms with van der Waals surface area (Å²) in [5, 5.41) is 21.1. The van der Waals surface area contributed by atoms with Crippen molar-refractivity contribution in [3.63, 3.8) is 0 Å². The van der Waals surface area contributed by atoms with E-state index in [1.54, 1.807) is 7.11 Å². The summed E-state index contributed by atoms with van der Waals surface area (Å²) in [6.07, 6.45) is 4.61. The number of nitrogens with zero attached hydrogens (tertiary/aromatic N) is 1. The van der Waals surface area contributed by atoms with Gasteiger partial charge in [0.25, 0.3) is 0 Å². The van der Waals surface area contributed by atoms with Crippen LogP contribution in [-0.2, 0) is 12.8 Å². The highest BCUT2D eigenvalue weighted by molar-refractivity contribution is 5.63. The van der Waals surface area contributed by atoms with Gasteiger partial charge in [-0.3, -0.25) is 4.90 Å². The molecule has 7 nitrogen and oxygen atoms in total. The van der Waals surface area contributed by atoms with E-state index in [4.69, 9.17) is 18.9 Å². The average molecular weight is 546 g/mol. The van der Waals surface area contributed by atoms with Crippen LogP contribution in [0.3, 0.4) is 0 Å². The number of aliphatic hydroxyl groups is 2. The summed E-state index contributed by atoms with van der Waals surface area (Å²) in [6, 6.07) is 8.49. The van der Waals surface area contributed by atoms with E-state index >= 15 is 0 Å². The lowest BCUT2D eigenvalue weighted by Crippen LogP contribution is -2.44. The van der Waals surface area contributed by atoms with Gasteiger partial charge in [0.15, 0.2) is 11.5 Å². The molecule has 0 spiro atoms. The Morgan fingerprint density at radius 2 is 2.00 bits per heavy atom. The second-order valence-corrected chi connectivity index (χ2v) is 12.5. The first kappa shape index (κ1) is 26.0. The Morgan fingerprint density at radius 3 is 2.85 bits per heavy atom. The number of benzene rings is 2. The third kappa shape index (κ3) is 3.99. The molecule has 0 radical (unpaired) electrons. The van der Waals surface area contributed by atoms with Gasteiger partial charge in [0.2, 0.25) is 12.5 Å². The van der Waals surface area contributed by atoms with Crippen LogP contribution in [0.1, 0.15) is 66.8 Å². The molecule has 0 unspecified atom stereocenters. The molecule has 2 saturated carbocycles. The largest absolute Gasteiger partial charge is 0.492 e.